The molecular weight excluding hydrogens is 240 g/mol. The van der Waals surface area contributed by atoms with Crippen LogP contribution in [0.4, 0.5) is 0 Å². The van der Waals surface area contributed by atoms with Gasteiger partial charge in [0.15, 0.2) is 0 Å². The second-order valence-corrected chi connectivity index (χ2v) is 4.25. The summed E-state index contributed by atoms with van der Waals surface area (Å²) in [5.41, 5.74) is 0.768. The number of carboxylic acid groups (broad SMARTS) is 1. The van der Waals surface area contributed by atoms with Gasteiger partial charge in [0.2, 0.25) is 0 Å². The van der Waals surface area contributed by atoms with Gasteiger partial charge in [-0.1, -0.05) is 6.07 Å². The molecule has 0 saturated carbocycles. The van der Waals surface area contributed by atoms with Crippen LogP contribution in [0.25, 0.3) is 11.5 Å². The quantitative estimate of drug-likeness (QED) is 0.610. The smallest absolute Gasteiger partial charge is 0.337 e. The van der Waals surface area contributed by atoms with E-state index in [4.69, 9.17) is 5.11 Å². The summed E-state index contributed by atoms with van der Waals surface area (Å²) in [7, 11) is 1.82. The highest BCUT2D eigenvalue weighted by atomic mass is 32.2. The Labute approximate surface area is 102 Å². The molecule has 0 fully saturated rings. The minimum Gasteiger partial charge on any atom is -0.481 e. The fraction of sp³-hybridized carbons (Fsp3) is 0.200. The van der Waals surface area contributed by atoms with Crippen molar-refractivity contribution in [2.75, 3.05) is 5.75 Å². The van der Waals surface area contributed by atoms with Gasteiger partial charge in [-0.2, -0.15) is 0 Å². The first kappa shape index (κ1) is 11.6. The van der Waals surface area contributed by atoms with Crippen molar-refractivity contribution in [3.63, 3.8) is 0 Å². The zero-order chi connectivity index (χ0) is 12.3. The van der Waals surface area contributed by atoms with E-state index >= 15 is 0 Å². The SMILES string of the molecule is C[n+]1c(SCC(=O)O)n[nH]c1-c1ccccn1. The molecule has 0 aromatic carbocycles. The summed E-state index contributed by atoms with van der Waals surface area (Å²) in [5.74, 6) is -0.128. The van der Waals surface area contributed by atoms with Gasteiger partial charge in [0.25, 0.3) is 5.82 Å². The Morgan fingerprint density at radius 1 is 1.59 bits per heavy atom. The highest BCUT2D eigenvalue weighted by Gasteiger charge is 2.20. The number of thioether (sulfide) groups is 1. The maximum atomic E-state index is 10.5. The standard InChI is InChI=1S/C10H10N4O2S/c1-14-9(7-4-2-3-5-11-7)12-13-10(14)17-6-8(15)16/h2-5H,6H2,1H3,(H,15,16)/p+1. The Bertz CT molecular complexity index is 526. The molecule has 0 saturated heterocycles. The predicted molar refractivity (Wildman–Crippen MR) is 61.4 cm³/mol. The second kappa shape index (κ2) is 4.96. The van der Waals surface area contributed by atoms with E-state index in [0.717, 1.165) is 23.3 Å². The molecule has 2 aromatic heterocycles. The van der Waals surface area contributed by atoms with Gasteiger partial charge in [0.05, 0.1) is 12.1 Å². The minimum absolute atomic E-state index is 0.0135. The summed E-state index contributed by atoms with van der Waals surface area (Å²) >= 11 is 1.16. The average Bonchev–Trinajstić information content (AvgIpc) is 2.69. The van der Waals surface area contributed by atoms with E-state index in [2.05, 4.69) is 15.2 Å². The molecule has 0 radical (unpaired) electrons. The molecule has 2 heterocycles. The Morgan fingerprint density at radius 2 is 2.41 bits per heavy atom. The van der Waals surface area contributed by atoms with E-state index in [-0.39, 0.29) is 5.75 Å². The lowest BCUT2D eigenvalue weighted by molar-refractivity contribution is -0.698. The predicted octanol–water partition coefficient (Wildman–Crippen LogP) is 0.473. The number of carboxylic acids is 1. The van der Waals surface area contributed by atoms with E-state index in [0.29, 0.717) is 5.16 Å². The molecule has 2 N–H and O–H groups in total. The van der Waals surface area contributed by atoms with Crippen LogP contribution in [-0.2, 0) is 11.8 Å². The van der Waals surface area contributed by atoms with Gasteiger partial charge in [0, 0.05) is 6.20 Å². The average molecular weight is 251 g/mol. The van der Waals surface area contributed by atoms with E-state index in [1.54, 1.807) is 10.8 Å². The third-order valence-electron chi connectivity index (χ3n) is 2.11. The van der Waals surface area contributed by atoms with Crippen molar-refractivity contribution in [3.05, 3.63) is 24.4 Å². The first-order valence-electron chi connectivity index (χ1n) is 4.89. The maximum Gasteiger partial charge on any atom is 0.337 e. The first-order chi connectivity index (χ1) is 8.18. The molecule has 7 heteroatoms. The van der Waals surface area contributed by atoms with Crippen molar-refractivity contribution < 1.29 is 14.5 Å². The van der Waals surface area contributed by atoms with Crippen molar-refractivity contribution >= 4 is 17.7 Å². The van der Waals surface area contributed by atoms with Crippen LogP contribution in [0.15, 0.2) is 29.6 Å². The number of nitrogens with one attached hydrogen (secondary N) is 1. The molecule has 6 nitrogen and oxygen atoms in total. The van der Waals surface area contributed by atoms with E-state index in [1.165, 1.54) is 0 Å². The summed E-state index contributed by atoms with van der Waals surface area (Å²) in [5, 5.41) is 16.1. The van der Waals surface area contributed by atoms with Gasteiger partial charge in [0.1, 0.15) is 11.4 Å². The van der Waals surface area contributed by atoms with Crippen molar-refractivity contribution in [1.82, 2.24) is 15.2 Å². The highest BCUT2D eigenvalue weighted by Crippen LogP contribution is 2.14. The van der Waals surface area contributed by atoms with Gasteiger partial charge in [-0.3, -0.25) is 4.79 Å². The number of H-pyrrole nitrogens is 1. The lowest BCUT2D eigenvalue weighted by Gasteiger charge is -1.95. The second-order valence-electron chi connectivity index (χ2n) is 3.31. The Kier molecular flexibility index (Phi) is 3.38. The van der Waals surface area contributed by atoms with Gasteiger partial charge < -0.3 is 5.11 Å². The molecule has 0 atom stereocenters. The van der Waals surface area contributed by atoms with E-state index in [1.807, 2.05) is 25.2 Å². The molecule has 0 bridgehead atoms. The topological polar surface area (TPSA) is 82.8 Å². The third-order valence-corrected chi connectivity index (χ3v) is 3.13. The molecule has 0 spiro atoms. The first-order valence-corrected chi connectivity index (χ1v) is 5.87. The maximum absolute atomic E-state index is 10.5. The fourth-order valence-electron chi connectivity index (χ4n) is 1.33. The Balaban J connectivity index is 2.24. The molecule has 0 aliphatic rings. The lowest BCUT2D eigenvalue weighted by Crippen LogP contribution is -2.31. The largest absolute Gasteiger partial charge is 0.481 e. The number of hydrogen-bond acceptors (Lipinski definition) is 4. The number of rotatable bonds is 4. The van der Waals surface area contributed by atoms with E-state index in [9.17, 15) is 4.79 Å². The Morgan fingerprint density at radius 3 is 3.06 bits per heavy atom. The highest BCUT2D eigenvalue weighted by molar-refractivity contribution is 7.99. The van der Waals surface area contributed by atoms with Gasteiger partial charge in [-0.15, -0.1) is 5.10 Å². The molecule has 0 aliphatic carbocycles. The Hall–Kier alpha value is -1.89. The summed E-state index contributed by atoms with van der Waals surface area (Å²) in [4.78, 5) is 14.7. The summed E-state index contributed by atoms with van der Waals surface area (Å²) in [6.07, 6.45) is 1.69. The van der Waals surface area contributed by atoms with Crippen LogP contribution in [0.2, 0.25) is 0 Å². The summed E-state index contributed by atoms with van der Waals surface area (Å²) in [6, 6.07) is 5.58. The van der Waals surface area contributed by atoms with Gasteiger partial charge in [-0.25, -0.2) is 9.55 Å². The molecule has 17 heavy (non-hydrogen) atoms. The number of aliphatic carboxylic acids is 1. The number of carbonyl (C=O) groups is 1. The monoisotopic (exact) mass is 251 g/mol. The summed E-state index contributed by atoms with van der Waals surface area (Å²) in [6.45, 7) is 0. The number of aromatic amines is 1. The third kappa shape index (κ3) is 2.62. The van der Waals surface area contributed by atoms with Crippen molar-refractivity contribution in [3.8, 4) is 11.5 Å². The molecule has 2 aromatic rings. The van der Waals surface area contributed by atoms with Crippen LogP contribution in [0.1, 0.15) is 0 Å². The number of aromatic nitrogens is 4. The zero-order valence-electron chi connectivity index (χ0n) is 9.12. The molecule has 0 unspecified atom stereocenters. The van der Waals surface area contributed by atoms with Crippen molar-refractivity contribution in [2.24, 2.45) is 7.05 Å². The number of pyridine rings is 1. The van der Waals surface area contributed by atoms with Crippen LogP contribution in [0.5, 0.6) is 0 Å². The van der Waals surface area contributed by atoms with Crippen molar-refractivity contribution in [2.45, 2.75) is 5.16 Å². The van der Waals surface area contributed by atoms with Crippen LogP contribution >= 0.6 is 11.8 Å². The minimum atomic E-state index is -0.864. The molecule has 88 valence electrons. The van der Waals surface area contributed by atoms with Crippen molar-refractivity contribution in [1.29, 1.82) is 0 Å². The number of nitrogens with zero attached hydrogens (tertiary/aromatic N) is 3. The van der Waals surface area contributed by atoms with Crippen LogP contribution in [-0.4, -0.2) is 32.0 Å². The lowest BCUT2D eigenvalue weighted by atomic mass is 10.3. The molecular formula is C10H11N4O2S+. The van der Waals surface area contributed by atoms with Gasteiger partial charge >= 0.3 is 11.1 Å². The van der Waals surface area contributed by atoms with Crippen LogP contribution in [0.3, 0.4) is 0 Å². The molecule has 2 rings (SSSR count). The summed E-state index contributed by atoms with van der Waals surface area (Å²) < 4.78 is 1.79. The van der Waals surface area contributed by atoms with Crippen LogP contribution in [0, 0.1) is 0 Å². The van der Waals surface area contributed by atoms with E-state index < -0.39 is 5.97 Å². The molecule has 0 aliphatic heterocycles. The fourth-order valence-corrected chi connectivity index (χ4v) is 1.98. The zero-order valence-corrected chi connectivity index (χ0v) is 9.94. The number of hydrogen-bond donors (Lipinski definition) is 2. The van der Waals surface area contributed by atoms with Gasteiger partial charge in [-0.05, 0) is 23.9 Å². The molecule has 0 amide bonds. The van der Waals surface area contributed by atoms with Crippen LogP contribution < -0.4 is 4.57 Å². The normalized spacial score (nSPS) is 10.4.